The Morgan fingerprint density at radius 3 is 2.20 bits per heavy atom. The van der Waals surface area contributed by atoms with Crippen molar-refractivity contribution in [3.8, 4) is 0 Å². The van der Waals surface area contributed by atoms with E-state index in [1.807, 2.05) is 0 Å². The van der Waals surface area contributed by atoms with Gasteiger partial charge in [0.2, 0.25) is 0 Å². The van der Waals surface area contributed by atoms with Gasteiger partial charge in [0.1, 0.15) is 6.04 Å². The Morgan fingerprint density at radius 2 is 2.10 bits per heavy atom. The fraction of sp³-hybridized carbons (Fsp3) is 0.667. The summed E-state index contributed by atoms with van der Waals surface area (Å²) in [6.07, 6.45) is 0. The van der Waals surface area contributed by atoms with Crippen LogP contribution in [0.3, 0.4) is 0 Å². The van der Waals surface area contributed by atoms with Crippen LogP contribution >= 0.6 is 0 Å². The Balaban J connectivity index is 4.06. The molecule has 0 radical (unpaired) electrons. The van der Waals surface area contributed by atoms with Gasteiger partial charge in [0.15, 0.2) is 0 Å². The van der Waals surface area contributed by atoms with Gasteiger partial charge in [0.05, 0.1) is 15.9 Å². The third-order valence-electron chi connectivity index (χ3n) is 0.701. The third-order valence-corrected chi connectivity index (χ3v) is 1.47. The molecule has 0 aliphatic carbocycles. The normalized spacial score (nSPS) is 14.6. The molecule has 0 aliphatic heterocycles. The Kier molecular flexibility index (Phi) is 2.76. The zero-order valence-electron chi connectivity index (χ0n) is 4.85. The molecule has 0 amide bonds. The van der Waals surface area contributed by atoms with E-state index in [1.165, 1.54) is 0 Å². The molecule has 0 fully saturated rings. The van der Waals surface area contributed by atoms with Crippen LogP contribution in [0.5, 0.6) is 0 Å². The van der Waals surface area contributed by atoms with E-state index in [0.717, 1.165) is 0 Å². The number of carboxylic acid groups (broad SMARTS) is 1. The summed E-state index contributed by atoms with van der Waals surface area (Å²) in [6, 6.07) is -1.62. The number of aliphatic carboxylic acids is 1. The van der Waals surface area contributed by atoms with Gasteiger partial charge >= 0.3 is 5.97 Å². The van der Waals surface area contributed by atoms with Crippen LogP contribution in [0.2, 0.25) is 0 Å². The molecular formula is C3H6NO5S-. The number of nitrogens with two attached hydrogens (primary N) is 1. The predicted octanol–water partition coefficient (Wildman–Crippen LogP) is -2.06. The van der Waals surface area contributed by atoms with Crippen molar-refractivity contribution in [1.29, 1.82) is 0 Å². The largest absolute Gasteiger partial charge is 0.748 e. The van der Waals surface area contributed by atoms with Crippen molar-refractivity contribution in [2.24, 2.45) is 5.73 Å². The number of carbonyl (C=O) groups is 1. The molecule has 60 valence electrons. The van der Waals surface area contributed by atoms with E-state index >= 15 is 0 Å². The van der Waals surface area contributed by atoms with Gasteiger partial charge in [0, 0.05) is 0 Å². The molecule has 0 aromatic carbocycles. The highest BCUT2D eigenvalue weighted by Gasteiger charge is 2.13. The summed E-state index contributed by atoms with van der Waals surface area (Å²) in [4.78, 5) is 9.85. The van der Waals surface area contributed by atoms with Gasteiger partial charge in [0.25, 0.3) is 0 Å². The number of hydrogen-bond acceptors (Lipinski definition) is 5. The molecule has 0 aromatic heterocycles. The van der Waals surface area contributed by atoms with Crippen molar-refractivity contribution in [3.05, 3.63) is 0 Å². The van der Waals surface area contributed by atoms with E-state index in [-0.39, 0.29) is 0 Å². The first-order chi connectivity index (χ1) is 4.33. The Morgan fingerprint density at radius 1 is 1.70 bits per heavy atom. The molecule has 0 spiro atoms. The van der Waals surface area contributed by atoms with Gasteiger partial charge in [-0.15, -0.1) is 0 Å². The van der Waals surface area contributed by atoms with E-state index < -0.39 is 27.9 Å². The van der Waals surface area contributed by atoms with Crippen LogP contribution in [0.1, 0.15) is 0 Å². The Hall–Kier alpha value is -0.660. The zero-order valence-corrected chi connectivity index (χ0v) is 5.67. The summed E-state index contributed by atoms with van der Waals surface area (Å²) in [5.74, 6) is -2.57. The van der Waals surface area contributed by atoms with E-state index in [1.54, 1.807) is 0 Å². The first-order valence-corrected chi connectivity index (χ1v) is 3.82. The first kappa shape index (κ1) is 9.34. The smallest absolute Gasteiger partial charge is 0.321 e. The quantitative estimate of drug-likeness (QED) is 0.467. The lowest BCUT2D eigenvalue weighted by Crippen LogP contribution is -2.37. The summed E-state index contributed by atoms with van der Waals surface area (Å²) in [5.41, 5.74) is 4.72. The monoisotopic (exact) mass is 168 g/mol. The third kappa shape index (κ3) is 4.24. The maximum absolute atomic E-state index is 9.85. The molecule has 0 aromatic rings. The second kappa shape index (κ2) is 2.95. The number of rotatable bonds is 3. The van der Waals surface area contributed by atoms with Crippen LogP contribution in [0.25, 0.3) is 0 Å². The SMILES string of the molecule is NC(CS(=O)(=O)[O-])C(=O)O. The van der Waals surface area contributed by atoms with Gasteiger partial charge in [-0.25, -0.2) is 8.42 Å². The second-order valence-corrected chi connectivity index (χ2v) is 3.12. The molecule has 0 bridgehead atoms. The van der Waals surface area contributed by atoms with Crippen LogP contribution in [0, 0.1) is 0 Å². The molecule has 1 unspecified atom stereocenters. The Bertz CT molecular complexity index is 219. The minimum absolute atomic E-state index is 1.07. The van der Waals surface area contributed by atoms with Crippen LogP contribution in [0.15, 0.2) is 0 Å². The molecule has 6 nitrogen and oxygen atoms in total. The molecule has 0 rings (SSSR count). The van der Waals surface area contributed by atoms with Crippen LogP contribution in [-0.4, -0.2) is 35.8 Å². The van der Waals surface area contributed by atoms with Crippen LogP contribution < -0.4 is 5.73 Å². The van der Waals surface area contributed by atoms with Gasteiger partial charge in [-0.05, 0) is 0 Å². The summed E-state index contributed by atoms with van der Waals surface area (Å²) in [5, 5.41) is 8.02. The van der Waals surface area contributed by atoms with E-state index in [9.17, 15) is 17.8 Å². The maximum atomic E-state index is 9.85. The highest BCUT2D eigenvalue weighted by molar-refractivity contribution is 7.85. The van der Waals surface area contributed by atoms with Gasteiger partial charge in [-0.2, -0.15) is 0 Å². The average Bonchev–Trinajstić information content (AvgIpc) is 1.60. The summed E-state index contributed by atoms with van der Waals surface area (Å²) < 4.78 is 29.5. The first-order valence-electron chi connectivity index (χ1n) is 2.25. The van der Waals surface area contributed by atoms with Crippen molar-refractivity contribution in [3.63, 3.8) is 0 Å². The molecule has 0 heterocycles. The summed E-state index contributed by atoms with van der Waals surface area (Å²) in [7, 11) is -4.52. The topological polar surface area (TPSA) is 121 Å². The van der Waals surface area contributed by atoms with Crippen molar-refractivity contribution in [2.45, 2.75) is 6.04 Å². The fourth-order valence-electron chi connectivity index (χ4n) is 0.291. The summed E-state index contributed by atoms with van der Waals surface area (Å²) >= 11 is 0. The molecule has 0 saturated heterocycles. The zero-order chi connectivity index (χ0) is 8.36. The van der Waals surface area contributed by atoms with Crippen molar-refractivity contribution in [1.82, 2.24) is 0 Å². The van der Waals surface area contributed by atoms with Crippen molar-refractivity contribution in [2.75, 3.05) is 5.75 Å². The van der Waals surface area contributed by atoms with Gasteiger partial charge in [-0.3, -0.25) is 4.79 Å². The molecule has 7 heteroatoms. The van der Waals surface area contributed by atoms with Crippen molar-refractivity contribution >= 4 is 16.1 Å². The lowest BCUT2D eigenvalue weighted by molar-refractivity contribution is -0.138. The highest BCUT2D eigenvalue weighted by Crippen LogP contribution is 1.86. The van der Waals surface area contributed by atoms with Gasteiger partial charge < -0.3 is 15.4 Å². The van der Waals surface area contributed by atoms with Crippen LogP contribution in [-0.2, 0) is 14.9 Å². The highest BCUT2D eigenvalue weighted by atomic mass is 32.2. The van der Waals surface area contributed by atoms with E-state index in [0.29, 0.717) is 0 Å². The molecule has 1 atom stereocenters. The predicted molar refractivity (Wildman–Crippen MR) is 30.2 cm³/mol. The second-order valence-electron chi connectivity index (χ2n) is 1.67. The van der Waals surface area contributed by atoms with Crippen molar-refractivity contribution < 1.29 is 22.9 Å². The molecule has 0 saturated carbocycles. The molecular weight excluding hydrogens is 162 g/mol. The lowest BCUT2D eigenvalue weighted by Gasteiger charge is -2.08. The van der Waals surface area contributed by atoms with E-state index in [2.05, 4.69) is 0 Å². The van der Waals surface area contributed by atoms with Crippen LogP contribution in [0.4, 0.5) is 0 Å². The molecule has 0 aliphatic rings. The number of hydrogen-bond donors (Lipinski definition) is 2. The van der Waals surface area contributed by atoms with E-state index in [4.69, 9.17) is 10.8 Å². The van der Waals surface area contributed by atoms with Gasteiger partial charge in [-0.1, -0.05) is 0 Å². The minimum Gasteiger partial charge on any atom is -0.748 e. The number of carboxylic acids is 1. The fourth-order valence-corrected chi connectivity index (χ4v) is 0.874. The minimum atomic E-state index is -4.52. The standard InChI is InChI=1S/C3H7NO5S/c4-2(3(5)6)1-10(7,8)9/h2H,1,4H2,(H,5,6)(H,7,8,9)/p-1. The maximum Gasteiger partial charge on any atom is 0.321 e. The lowest BCUT2D eigenvalue weighted by atomic mass is 10.4. The molecule has 3 N–H and O–H groups in total. The molecule has 10 heavy (non-hydrogen) atoms. The summed E-state index contributed by atoms with van der Waals surface area (Å²) in [6.45, 7) is 0. The Labute approximate surface area is 57.4 Å². The average molecular weight is 168 g/mol.